The Hall–Kier alpha value is -6.18. The zero-order chi connectivity index (χ0) is 51.5. The highest BCUT2D eigenvalue weighted by Crippen LogP contribution is 2.40. The van der Waals surface area contributed by atoms with Crippen molar-refractivity contribution in [3.8, 4) is 55.6 Å². The normalized spacial score (nSPS) is 11.9. The van der Waals surface area contributed by atoms with E-state index in [0.717, 1.165) is 27.8 Å². The zero-order valence-electron chi connectivity index (χ0n) is 39.1. The number of rotatable bonds is 5. The first kappa shape index (κ1) is 47.8. The third-order valence-corrected chi connectivity index (χ3v) is 15.1. The minimum atomic E-state index is 0.111. The van der Waals surface area contributed by atoms with Gasteiger partial charge in [0.15, 0.2) is 0 Å². The van der Waals surface area contributed by atoms with E-state index in [2.05, 4.69) is 6.07 Å². The van der Waals surface area contributed by atoms with Crippen LogP contribution in [0.25, 0.3) is 120 Å². The Morgan fingerprint density at radius 3 is 0.671 bits per heavy atom. The van der Waals surface area contributed by atoms with Gasteiger partial charge in [0.2, 0.25) is 0 Å². The first-order valence-electron chi connectivity index (χ1n) is 23.0. The van der Waals surface area contributed by atoms with Crippen LogP contribution in [0.5, 0.6) is 0 Å². The smallest absolute Gasteiger partial charge is 0.109 e. The summed E-state index contributed by atoms with van der Waals surface area (Å²) in [6, 6.07) is 33.4. The molecule has 0 aliphatic heterocycles. The molecule has 34 radical (unpaired) electrons. The third-order valence-electron chi connectivity index (χ3n) is 15.1. The first-order chi connectivity index (χ1) is 34.9. The molecule has 0 saturated heterocycles. The van der Waals surface area contributed by atoms with E-state index < -0.39 is 0 Å². The average Bonchev–Trinajstić information content (AvgIpc) is 3.39. The van der Waals surface area contributed by atoms with Gasteiger partial charge in [-0.2, -0.15) is 0 Å². The fourth-order valence-electron chi connectivity index (χ4n) is 11.6. The fourth-order valence-corrected chi connectivity index (χ4v) is 11.6. The van der Waals surface area contributed by atoms with Gasteiger partial charge < -0.3 is 0 Å². The summed E-state index contributed by atoms with van der Waals surface area (Å²) in [6.45, 7) is 0. The number of hydrogen-bond donors (Lipinski definition) is 0. The second-order valence-corrected chi connectivity index (χ2v) is 18.8. The molecule has 0 bridgehead atoms. The molecule has 0 spiro atoms. The largest absolute Gasteiger partial charge is 0.113 e. The van der Waals surface area contributed by atoms with Crippen molar-refractivity contribution < 1.29 is 0 Å². The Morgan fingerprint density at radius 2 is 0.356 bits per heavy atom. The van der Waals surface area contributed by atoms with Gasteiger partial charge in [-0.3, -0.25) is 0 Å². The van der Waals surface area contributed by atoms with Crippen LogP contribution in [0.3, 0.4) is 0 Å². The molecule has 0 aliphatic rings. The predicted molar refractivity (Wildman–Crippen MR) is 333 cm³/mol. The van der Waals surface area contributed by atoms with E-state index in [1.54, 1.807) is 0 Å². The molecule has 292 valence electrons. The van der Waals surface area contributed by atoms with Gasteiger partial charge in [0.25, 0.3) is 0 Å². The zero-order valence-corrected chi connectivity index (χ0v) is 39.1. The van der Waals surface area contributed by atoms with Gasteiger partial charge in [0.05, 0.1) is 0 Å². The van der Waals surface area contributed by atoms with Gasteiger partial charge >= 0.3 is 0 Å². The van der Waals surface area contributed by atoms with E-state index >= 15 is 0 Å². The molecule has 0 nitrogen and oxygen atoms in total. The van der Waals surface area contributed by atoms with Crippen LogP contribution in [0, 0.1) is 0 Å². The van der Waals surface area contributed by atoms with Crippen molar-refractivity contribution in [2.24, 2.45) is 0 Å². The summed E-state index contributed by atoms with van der Waals surface area (Å²) < 4.78 is 0. The van der Waals surface area contributed by atoms with Gasteiger partial charge in [-0.15, -0.1) is 5.46 Å². The molecule has 0 N–H and O–H groups in total. The maximum atomic E-state index is 7.09. The predicted octanol–water partition coefficient (Wildman–Crippen LogP) is -4.69. The molecule has 73 heavy (non-hydrogen) atoms. The van der Waals surface area contributed by atoms with E-state index in [9.17, 15) is 0 Å². The minimum absolute atomic E-state index is 0.111. The quantitative estimate of drug-likeness (QED) is 0.121. The Morgan fingerprint density at radius 1 is 0.151 bits per heavy atom. The Kier molecular flexibility index (Phi) is 11.1. The lowest BCUT2D eigenvalue weighted by molar-refractivity contribution is 1.58. The van der Waals surface area contributed by atoms with Crippen LogP contribution in [0.4, 0.5) is 0 Å². The van der Waals surface area contributed by atoms with Gasteiger partial charge in [-0.05, 0) is 138 Å². The number of benzene rings is 12. The molecule has 0 saturated carbocycles. The molecule has 0 fully saturated rings. The SMILES string of the molecule is [B]c1c([B])c2c([B])c([B])c3c([B])c([B])c(-c4cccc(-c5cccc(-c6cccc(-c7c([B])c([B])c8c([B])c([B])c9c(-c%10ccccc%10)c([B])c([B])c%10c([B])c([B])c7c8c%109)c6)c5)c4)c4c([B])c([B])c(c1[B])c2c34. The van der Waals surface area contributed by atoms with Crippen LogP contribution in [0.2, 0.25) is 0 Å². The van der Waals surface area contributed by atoms with Crippen LogP contribution in [0.15, 0.2) is 103 Å². The average molecular weight is 874 g/mol. The van der Waals surface area contributed by atoms with E-state index in [1.807, 2.05) is 97.1 Å². The second-order valence-electron chi connectivity index (χ2n) is 18.8. The Labute approximate surface area is 446 Å². The Bertz CT molecular complexity index is 4430. The molecule has 0 aromatic heterocycles. The number of hydrogen-bond acceptors (Lipinski definition) is 0. The molecule has 0 amide bonds. The molecular weight excluding hydrogens is 856 g/mol. The van der Waals surface area contributed by atoms with Crippen LogP contribution >= 0.6 is 0 Å². The van der Waals surface area contributed by atoms with Crippen molar-refractivity contribution in [3.63, 3.8) is 0 Å². The highest BCUT2D eigenvalue weighted by molar-refractivity contribution is 6.76. The van der Waals surface area contributed by atoms with E-state index in [-0.39, 0.29) is 87.4 Å². The molecule has 0 aliphatic carbocycles. The van der Waals surface area contributed by atoms with E-state index in [1.165, 1.54) is 0 Å². The van der Waals surface area contributed by atoms with Crippen LogP contribution in [0.1, 0.15) is 0 Å². The molecule has 12 rings (SSSR count). The molecule has 0 atom stereocenters. The van der Waals surface area contributed by atoms with Crippen LogP contribution in [-0.2, 0) is 0 Å². The minimum Gasteiger partial charge on any atom is -0.109 e. The van der Waals surface area contributed by atoms with Crippen molar-refractivity contribution in [3.05, 3.63) is 103 Å². The van der Waals surface area contributed by atoms with Crippen molar-refractivity contribution in [2.45, 2.75) is 0 Å². The van der Waals surface area contributed by atoms with Gasteiger partial charge in [-0.25, -0.2) is 0 Å². The van der Waals surface area contributed by atoms with Gasteiger partial charge in [0.1, 0.15) is 133 Å². The highest BCUT2D eigenvalue weighted by atomic mass is 14.3. The fraction of sp³-hybridized carbons (Fsp3) is 0. The van der Waals surface area contributed by atoms with Crippen LogP contribution < -0.4 is 92.9 Å². The molecule has 12 aromatic rings. The molecular formula is C56H17B17. The lowest BCUT2D eigenvalue weighted by Crippen LogP contribution is -2.48. The maximum absolute atomic E-state index is 7.09. The topological polar surface area (TPSA) is 0 Å². The monoisotopic (exact) mass is 876 g/mol. The lowest BCUT2D eigenvalue weighted by atomic mass is 9.58. The second kappa shape index (κ2) is 16.9. The van der Waals surface area contributed by atoms with Gasteiger partial charge in [0, 0.05) is 0 Å². The molecule has 0 heterocycles. The third kappa shape index (κ3) is 6.45. The summed E-state index contributed by atoms with van der Waals surface area (Å²) in [7, 11) is 117. The van der Waals surface area contributed by atoms with Crippen molar-refractivity contribution in [2.75, 3.05) is 0 Å². The van der Waals surface area contributed by atoms with Gasteiger partial charge in [-0.1, -0.05) is 172 Å². The van der Waals surface area contributed by atoms with Crippen molar-refractivity contribution in [1.82, 2.24) is 0 Å². The maximum Gasteiger partial charge on any atom is 0.113 e. The Balaban J connectivity index is 1.04. The van der Waals surface area contributed by atoms with E-state index in [4.69, 9.17) is 133 Å². The summed E-state index contributed by atoms with van der Waals surface area (Å²) in [5.41, 5.74) is 11.0. The molecule has 17 heteroatoms. The molecule has 0 unspecified atom stereocenters. The standard InChI is InChI=1S/C56H17B17/c57-40-25(18-7-2-1-3-8-18)32-28-29-33(44(61)50(67)35(28)46(40)63)26(41(58)47(64)36(29)49(66)43(32)60)23-13-5-11-21(16-23)19-9-4-10-20(15-19)22-12-6-14-24(17-22)27-34-30-31-38(51(68)45(34)62)54(71)56(73)55(72)39(31)53(70)52(69)37(30)48(65)42(27)59/h1-17H. The summed E-state index contributed by atoms with van der Waals surface area (Å²) in [5, 5.41) is 6.07. The van der Waals surface area contributed by atoms with Crippen LogP contribution in [-0.4, -0.2) is 133 Å². The summed E-state index contributed by atoms with van der Waals surface area (Å²) in [6.07, 6.45) is 0. The summed E-state index contributed by atoms with van der Waals surface area (Å²) >= 11 is 0. The summed E-state index contributed by atoms with van der Waals surface area (Å²) in [5.74, 6) is 0. The highest BCUT2D eigenvalue weighted by Gasteiger charge is 2.28. The first-order valence-corrected chi connectivity index (χ1v) is 23.0. The molecule has 12 aromatic carbocycles. The summed E-state index contributed by atoms with van der Waals surface area (Å²) in [4.78, 5) is 0. The van der Waals surface area contributed by atoms with Crippen molar-refractivity contribution in [1.29, 1.82) is 0 Å². The lowest BCUT2D eigenvalue weighted by Gasteiger charge is -2.30. The van der Waals surface area contributed by atoms with Crippen molar-refractivity contribution >= 4 is 291 Å². The van der Waals surface area contributed by atoms with E-state index in [0.29, 0.717) is 97.9 Å².